The Hall–Kier alpha value is -1.47. The van der Waals surface area contributed by atoms with E-state index in [1.54, 1.807) is 0 Å². The Morgan fingerprint density at radius 1 is 1.48 bits per heavy atom. The number of nitrogens with one attached hydrogen (secondary N) is 2. The maximum Gasteiger partial charge on any atom is 0.387 e. The topological polar surface area (TPSA) is 50.4 Å². The van der Waals surface area contributed by atoms with Crippen molar-refractivity contribution in [1.82, 2.24) is 5.32 Å². The minimum absolute atomic E-state index is 0. The van der Waals surface area contributed by atoms with Gasteiger partial charge in [-0.1, -0.05) is 0 Å². The lowest BCUT2D eigenvalue weighted by Gasteiger charge is -2.21. The van der Waals surface area contributed by atoms with E-state index in [1.165, 1.54) is 6.07 Å². The summed E-state index contributed by atoms with van der Waals surface area (Å²) in [7, 11) is 0. The van der Waals surface area contributed by atoms with Crippen molar-refractivity contribution >= 4 is 24.0 Å². The molecule has 1 atom stereocenters. The molecule has 0 aromatic heterocycles. The van der Waals surface area contributed by atoms with E-state index < -0.39 is 23.6 Å². The molecule has 2 N–H and O–H groups in total. The molecule has 0 saturated carbocycles. The Bertz CT molecular complexity index is 508. The van der Waals surface area contributed by atoms with Crippen molar-refractivity contribution in [1.29, 1.82) is 0 Å². The number of ether oxygens (including phenoxy) is 1. The van der Waals surface area contributed by atoms with Gasteiger partial charge in [0, 0.05) is 18.3 Å². The summed E-state index contributed by atoms with van der Waals surface area (Å²) in [6.45, 7) is 0.0220. The van der Waals surface area contributed by atoms with E-state index in [9.17, 15) is 18.0 Å². The number of halogens is 4. The summed E-state index contributed by atoms with van der Waals surface area (Å²) in [6, 6.07) is 3.35. The first-order valence-corrected chi connectivity index (χ1v) is 6.17. The van der Waals surface area contributed by atoms with E-state index in [0.29, 0.717) is 13.0 Å². The summed E-state index contributed by atoms with van der Waals surface area (Å²) in [4.78, 5) is 12.1. The van der Waals surface area contributed by atoms with Crippen molar-refractivity contribution < 1.29 is 22.7 Å². The Morgan fingerprint density at radius 2 is 2.19 bits per heavy atom. The molecular formula is C13H16ClF3N2O2. The zero-order chi connectivity index (χ0) is 14.8. The van der Waals surface area contributed by atoms with Crippen molar-refractivity contribution in [3.8, 4) is 5.75 Å². The van der Waals surface area contributed by atoms with E-state index in [4.69, 9.17) is 0 Å². The van der Waals surface area contributed by atoms with Gasteiger partial charge in [0.05, 0.1) is 5.41 Å². The molecule has 118 valence electrons. The normalized spacial score (nSPS) is 21.0. The molecule has 0 radical (unpaired) electrons. The molecule has 1 fully saturated rings. The van der Waals surface area contributed by atoms with Crippen LogP contribution >= 0.6 is 12.4 Å². The van der Waals surface area contributed by atoms with Crippen LogP contribution in [0.15, 0.2) is 18.2 Å². The molecule has 1 heterocycles. The highest BCUT2D eigenvalue weighted by molar-refractivity contribution is 5.95. The molecule has 1 amide bonds. The molecule has 1 aliphatic heterocycles. The Balaban J connectivity index is 0.00000220. The largest absolute Gasteiger partial charge is 0.432 e. The minimum Gasteiger partial charge on any atom is -0.432 e. The molecule has 1 aromatic carbocycles. The molecule has 1 unspecified atom stereocenters. The first-order chi connectivity index (χ1) is 9.40. The van der Waals surface area contributed by atoms with Crippen LogP contribution in [0.4, 0.5) is 18.9 Å². The number of rotatable bonds is 4. The van der Waals surface area contributed by atoms with E-state index in [2.05, 4.69) is 15.4 Å². The van der Waals surface area contributed by atoms with Gasteiger partial charge in [-0.15, -0.1) is 12.4 Å². The van der Waals surface area contributed by atoms with Crippen LogP contribution in [-0.4, -0.2) is 25.6 Å². The third kappa shape index (κ3) is 4.25. The van der Waals surface area contributed by atoms with Gasteiger partial charge in [-0.2, -0.15) is 8.78 Å². The standard InChI is InChI=1S/C13H15F3N2O2.ClH/c1-13(4-5-17-7-13)11(19)18-8-2-3-10(9(14)6-8)20-12(15)16;/h2-3,6,12,17H,4-5,7H2,1H3,(H,18,19);1H. The predicted octanol–water partition coefficient (Wildman–Crippen LogP) is 2.79. The lowest BCUT2D eigenvalue weighted by atomic mass is 9.89. The Morgan fingerprint density at radius 3 is 2.71 bits per heavy atom. The number of anilines is 1. The Kier molecular flexibility index (Phi) is 5.86. The number of hydrogen-bond donors (Lipinski definition) is 2. The first kappa shape index (κ1) is 17.6. The molecule has 1 saturated heterocycles. The fourth-order valence-electron chi connectivity index (χ4n) is 2.06. The van der Waals surface area contributed by atoms with Crippen LogP contribution in [0, 0.1) is 11.2 Å². The van der Waals surface area contributed by atoms with Gasteiger partial charge in [-0.3, -0.25) is 4.79 Å². The van der Waals surface area contributed by atoms with E-state index >= 15 is 0 Å². The van der Waals surface area contributed by atoms with E-state index in [1.807, 2.05) is 6.92 Å². The van der Waals surface area contributed by atoms with Gasteiger partial charge in [0.25, 0.3) is 0 Å². The number of hydrogen-bond acceptors (Lipinski definition) is 3. The lowest BCUT2D eigenvalue weighted by molar-refractivity contribution is -0.123. The first-order valence-electron chi connectivity index (χ1n) is 6.17. The average Bonchev–Trinajstić information content (AvgIpc) is 2.81. The van der Waals surface area contributed by atoms with Crippen molar-refractivity contribution in [3.05, 3.63) is 24.0 Å². The molecule has 0 bridgehead atoms. The summed E-state index contributed by atoms with van der Waals surface area (Å²) in [6.07, 6.45) is 0.688. The molecule has 21 heavy (non-hydrogen) atoms. The van der Waals surface area contributed by atoms with Crippen LogP contribution in [0.2, 0.25) is 0 Å². The highest BCUT2D eigenvalue weighted by Gasteiger charge is 2.36. The van der Waals surface area contributed by atoms with Crippen LogP contribution in [0.3, 0.4) is 0 Å². The second kappa shape index (κ2) is 7.00. The summed E-state index contributed by atoms with van der Waals surface area (Å²) < 4.78 is 41.5. The number of carbonyl (C=O) groups excluding carboxylic acids is 1. The number of benzene rings is 1. The zero-order valence-corrected chi connectivity index (χ0v) is 12.1. The number of carbonyl (C=O) groups is 1. The maximum absolute atomic E-state index is 13.5. The van der Waals surface area contributed by atoms with Crippen LogP contribution in [-0.2, 0) is 4.79 Å². The summed E-state index contributed by atoms with van der Waals surface area (Å²) in [5.74, 6) is -1.73. The number of amides is 1. The summed E-state index contributed by atoms with van der Waals surface area (Å²) in [5, 5.41) is 5.67. The average molecular weight is 325 g/mol. The van der Waals surface area contributed by atoms with Crippen molar-refractivity contribution in [2.24, 2.45) is 5.41 Å². The van der Waals surface area contributed by atoms with Crippen molar-refractivity contribution in [2.45, 2.75) is 20.0 Å². The second-order valence-electron chi connectivity index (χ2n) is 4.97. The van der Waals surface area contributed by atoms with Gasteiger partial charge in [0.15, 0.2) is 11.6 Å². The molecule has 4 nitrogen and oxygen atoms in total. The van der Waals surface area contributed by atoms with Gasteiger partial charge in [0.1, 0.15) is 0 Å². The second-order valence-corrected chi connectivity index (χ2v) is 4.97. The monoisotopic (exact) mass is 324 g/mol. The maximum atomic E-state index is 13.5. The molecule has 1 aromatic rings. The predicted molar refractivity (Wildman–Crippen MR) is 74.5 cm³/mol. The molecule has 8 heteroatoms. The van der Waals surface area contributed by atoms with Crippen molar-refractivity contribution in [2.75, 3.05) is 18.4 Å². The van der Waals surface area contributed by atoms with Crippen LogP contribution in [0.25, 0.3) is 0 Å². The third-order valence-corrected chi connectivity index (χ3v) is 3.32. The fraction of sp³-hybridized carbons (Fsp3) is 0.462. The zero-order valence-electron chi connectivity index (χ0n) is 11.3. The van der Waals surface area contributed by atoms with Gasteiger partial charge in [-0.25, -0.2) is 4.39 Å². The molecular weight excluding hydrogens is 309 g/mol. The fourth-order valence-corrected chi connectivity index (χ4v) is 2.06. The van der Waals surface area contributed by atoms with Gasteiger partial charge < -0.3 is 15.4 Å². The van der Waals surface area contributed by atoms with Gasteiger partial charge in [0.2, 0.25) is 5.91 Å². The van der Waals surface area contributed by atoms with Gasteiger partial charge >= 0.3 is 6.61 Å². The SMILES string of the molecule is CC1(C(=O)Nc2ccc(OC(F)F)c(F)c2)CCNC1.Cl. The third-order valence-electron chi connectivity index (χ3n) is 3.32. The van der Waals surface area contributed by atoms with E-state index in [-0.39, 0.29) is 24.0 Å². The highest BCUT2D eigenvalue weighted by atomic mass is 35.5. The molecule has 2 rings (SSSR count). The number of alkyl halides is 2. The quantitative estimate of drug-likeness (QED) is 0.895. The molecule has 0 spiro atoms. The minimum atomic E-state index is -3.09. The molecule has 1 aliphatic rings. The van der Waals surface area contributed by atoms with Crippen LogP contribution < -0.4 is 15.4 Å². The highest BCUT2D eigenvalue weighted by Crippen LogP contribution is 2.28. The van der Waals surface area contributed by atoms with E-state index in [0.717, 1.165) is 18.7 Å². The lowest BCUT2D eigenvalue weighted by Crippen LogP contribution is -2.35. The van der Waals surface area contributed by atoms with Crippen LogP contribution in [0.5, 0.6) is 5.75 Å². The van der Waals surface area contributed by atoms with Crippen molar-refractivity contribution in [3.63, 3.8) is 0 Å². The smallest absolute Gasteiger partial charge is 0.387 e. The summed E-state index contributed by atoms with van der Waals surface area (Å²) in [5.41, 5.74) is -0.337. The van der Waals surface area contributed by atoms with Crippen LogP contribution in [0.1, 0.15) is 13.3 Å². The van der Waals surface area contributed by atoms with Gasteiger partial charge in [-0.05, 0) is 32.0 Å². The molecule has 0 aliphatic carbocycles. The Labute approximate surface area is 126 Å². The summed E-state index contributed by atoms with van der Waals surface area (Å²) >= 11 is 0.